The van der Waals surface area contributed by atoms with Crippen LogP contribution < -0.4 is 11.5 Å². The second-order valence-electron chi connectivity index (χ2n) is 3.25. The van der Waals surface area contributed by atoms with Crippen molar-refractivity contribution < 1.29 is 14.3 Å². The predicted molar refractivity (Wildman–Crippen MR) is 50.0 cm³/mol. The van der Waals surface area contributed by atoms with Gasteiger partial charge < -0.3 is 16.6 Å². The van der Waals surface area contributed by atoms with E-state index in [-0.39, 0.29) is 11.3 Å². The number of hydrogen-bond donors (Lipinski definition) is 3. The number of carbonyl (C=O) groups is 1. The molecule has 0 fully saturated rings. The molecule has 14 heavy (non-hydrogen) atoms. The highest BCUT2D eigenvalue weighted by atomic mass is 19.1. The highest BCUT2D eigenvalue weighted by Gasteiger charge is 2.32. The molecule has 0 aliphatic carbocycles. The van der Waals surface area contributed by atoms with Crippen molar-refractivity contribution in [2.24, 2.45) is 5.73 Å². The summed E-state index contributed by atoms with van der Waals surface area (Å²) in [5.41, 5.74) is 9.18. The first-order valence-corrected chi connectivity index (χ1v) is 3.93. The standard InChI is InChI=1S/C9H11FN2O2/c1-9(12,8(13)14)6-3-2-5(11)4-7(6)10/h2-4H,11-12H2,1H3,(H,13,14)/t9-/m0/s1. The summed E-state index contributed by atoms with van der Waals surface area (Å²) in [6.07, 6.45) is 0. The molecule has 1 aromatic rings. The van der Waals surface area contributed by atoms with Gasteiger partial charge in [0.15, 0.2) is 0 Å². The van der Waals surface area contributed by atoms with Gasteiger partial charge in [-0.25, -0.2) is 9.18 Å². The van der Waals surface area contributed by atoms with E-state index in [0.29, 0.717) is 0 Å². The van der Waals surface area contributed by atoms with Crippen molar-refractivity contribution in [2.75, 3.05) is 5.73 Å². The fourth-order valence-electron chi connectivity index (χ4n) is 1.07. The zero-order valence-electron chi connectivity index (χ0n) is 7.62. The molecular formula is C9H11FN2O2. The van der Waals surface area contributed by atoms with Crippen LogP contribution in [-0.2, 0) is 10.3 Å². The van der Waals surface area contributed by atoms with E-state index >= 15 is 0 Å². The molecule has 1 rings (SSSR count). The van der Waals surface area contributed by atoms with Crippen molar-refractivity contribution in [2.45, 2.75) is 12.5 Å². The molecule has 0 aliphatic heterocycles. The summed E-state index contributed by atoms with van der Waals surface area (Å²) >= 11 is 0. The molecule has 0 radical (unpaired) electrons. The van der Waals surface area contributed by atoms with Gasteiger partial charge in [0.1, 0.15) is 11.4 Å². The molecule has 0 saturated heterocycles. The number of nitrogen functional groups attached to an aromatic ring is 1. The maximum absolute atomic E-state index is 13.3. The Morgan fingerprint density at radius 3 is 2.57 bits per heavy atom. The van der Waals surface area contributed by atoms with Crippen molar-refractivity contribution in [1.29, 1.82) is 0 Å². The van der Waals surface area contributed by atoms with Gasteiger partial charge in [-0.2, -0.15) is 0 Å². The Bertz CT molecular complexity index is 377. The highest BCUT2D eigenvalue weighted by molar-refractivity contribution is 5.80. The summed E-state index contributed by atoms with van der Waals surface area (Å²) < 4.78 is 13.3. The van der Waals surface area contributed by atoms with E-state index in [1.807, 2.05) is 0 Å². The summed E-state index contributed by atoms with van der Waals surface area (Å²) in [6, 6.07) is 3.73. The Balaban J connectivity index is 3.26. The van der Waals surface area contributed by atoms with Gasteiger partial charge in [-0.3, -0.25) is 0 Å². The minimum absolute atomic E-state index is 0.0841. The van der Waals surface area contributed by atoms with E-state index in [1.165, 1.54) is 19.1 Å². The number of aliphatic carboxylic acids is 1. The van der Waals surface area contributed by atoms with Crippen LogP contribution in [0.5, 0.6) is 0 Å². The second kappa shape index (κ2) is 3.26. The quantitative estimate of drug-likeness (QED) is 0.609. The van der Waals surface area contributed by atoms with Crippen LogP contribution in [0.1, 0.15) is 12.5 Å². The van der Waals surface area contributed by atoms with Crippen molar-refractivity contribution in [1.82, 2.24) is 0 Å². The third-order valence-corrected chi connectivity index (χ3v) is 2.00. The molecule has 76 valence electrons. The molecule has 0 bridgehead atoms. The fraction of sp³-hybridized carbons (Fsp3) is 0.222. The van der Waals surface area contributed by atoms with Gasteiger partial charge in [0, 0.05) is 11.3 Å². The monoisotopic (exact) mass is 198 g/mol. The smallest absolute Gasteiger partial charge is 0.328 e. The van der Waals surface area contributed by atoms with Gasteiger partial charge in [0.25, 0.3) is 0 Å². The SMILES string of the molecule is C[C@@](N)(C(=O)O)c1ccc(N)cc1F. The van der Waals surface area contributed by atoms with Crippen molar-refractivity contribution in [3.05, 3.63) is 29.6 Å². The lowest BCUT2D eigenvalue weighted by molar-refractivity contribution is -0.143. The minimum Gasteiger partial charge on any atom is -0.480 e. The van der Waals surface area contributed by atoms with Gasteiger partial charge in [-0.15, -0.1) is 0 Å². The van der Waals surface area contributed by atoms with Gasteiger partial charge in [-0.05, 0) is 19.1 Å². The molecule has 0 spiro atoms. The average molecular weight is 198 g/mol. The van der Waals surface area contributed by atoms with Crippen LogP contribution in [0.15, 0.2) is 18.2 Å². The van der Waals surface area contributed by atoms with Crippen LogP contribution in [0, 0.1) is 5.82 Å². The third-order valence-electron chi connectivity index (χ3n) is 2.00. The van der Waals surface area contributed by atoms with Crippen LogP contribution in [0.3, 0.4) is 0 Å². The molecule has 0 unspecified atom stereocenters. The van der Waals surface area contributed by atoms with Crippen LogP contribution in [-0.4, -0.2) is 11.1 Å². The number of rotatable bonds is 2. The number of halogens is 1. The lowest BCUT2D eigenvalue weighted by Crippen LogP contribution is -2.42. The molecular weight excluding hydrogens is 187 g/mol. The van der Waals surface area contributed by atoms with Gasteiger partial charge in [0.2, 0.25) is 0 Å². The van der Waals surface area contributed by atoms with E-state index in [9.17, 15) is 9.18 Å². The molecule has 5 N–H and O–H groups in total. The van der Waals surface area contributed by atoms with E-state index in [4.69, 9.17) is 16.6 Å². The van der Waals surface area contributed by atoms with Crippen molar-refractivity contribution in [3.63, 3.8) is 0 Å². The first-order valence-electron chi connectivity index (χ1n) is 3.93. The van der Waals surface area contributed by atoms with Crippen molar-refractivity contribution >= 4 is 11.7 Å². The van der Waals surface area contributed by atoms with Crippen LogP contribution in [0.4, 0.5) is 10.1 Å². The topological polar surface area (TPSA) is 89.3 Å². The molecule has 1 aromatic carbocycles. The largest absolute Gasteiger partial charge is 0.480 e. The summed E-state index contributed by atoms with van der Waals surface area (Å²) in [7, 11) is 0. The number of carboxylic acids is 1. The zero-order chi connectivity index (χ0) is 10.9. The van der Waals surface area contributed by atoms with E-state index in [2.05, 4.69) is 0 Å². The molecule has 0 amide bonds. The summed E-state index contributed by atoms with van der Waals surface area (Å²) in [6.45, 7) is 1.23. The Labute approximate surface area is 80.3 Å². The fourth-order valence-corrected chi connectivity index (χ4v) is 1.07. The molecule has 0 aliphatic rings. The molecule has 1 atom stereocenters. The van der Waals surface area contributed by atoms with Crippen LogP contribution >= 0.6 is 0 Å². The zero-order valence-corrected chi connectivity index (χ0v) is 7.62. The summed E-state index contributed by atoms with van der Waals surface area (Å²) in [5.74, 6) is -2.00. The summed E-state index contributed by atoms with van der Waals surface area (Å²) in [5, 5.41) is 8.77. The number of anilines is 1. The molecule has 0 heterocycles. The number of nitrogens with two attached hydrogens (primary N) is 2. The van der Waals surface area contributed by atoms with Gasteiger partial charge >= 0.3 is 5.97 Å². The third kappa shape index (κ3) is 1.67. The maximum Gasteiger partial charge on any atom is 0.328 e. The van der Waals surface area contributed by atoms with Crippen LogP contribution in [0.2, 0.25) is 0 Å². The van der Waals surface area contributed by atoms with E-state index in [0.717, 1.165) is 6.07 Å². The molecule has 0 saturated carbocycles. The highest BCUT2D eigenvalue weighted by Crippen LogP contribution is 2.22. The van der Waals surface area contributed by atoms with E-state index < -0.39 is 17.3 Å². The lowest BCUT2D eigenvalue weighted by atomic mass is 9.93. The number of benzene rings is 1. The Kier molecular flexibility index (Phi) is 2.44. The summed E-state index contributed by atoms with van der Waals surface area (Å²) in [4.78, 5) is 10.7. The first-order chi connectivity index (χ1) is 6.35. The Hall–Kier alpha value is -1.62. The first kappa shape index (κ1) is 10.5. The maximum atomic E-state index is 13.3. The van der Waals surface area contributed by atoms with Crippen LogP contribution in [0.25, 0.3) is 0 Å². The Morgan fingerprint density at radius 2 is 2.14 bits per heavy atom. The molecule has 0 aromatic heterocycles. The normalized spacial score (nSPS) is 14.8. The predicted octanol–water partition coefficient (Wildman–Crippen LogP) is 0.666. The second-order valence-corrected chi connectivity index (χ2v) is 3.25. The minimum atomic E-state index is -1.74. The Morgan fingerprint density at radius 1 is 1.57 bits per heavy atom. The lowest BCUT2D eigenvalue weighted by Gasteiger charge is -2.20. The molecule has 5 heteroatoms. The van der Waals surface area contributed by atoms with Gasteiger partial charge in [0.05, 0.1) is 0 Å². The number of carboxylic acid groups (broad SMARTS) is 1. The van der Waals surface area contributed by atoms with Gasteiger partial charge in [-0.1, -0.05) is 6.07 Å². The van der Waals surface area contributed by atoms with E-state index in [1.54, 1.807) is 0 Å². The molecule has 4 nitrogen and oxygen atoms in total. The number of hydrogen-bond acceptors (Lipinski definition) is 3. The average Bonchev–Trinajstić information content (AvgIpc) is 2.02. The van der Waals surface area contributed by atoms with Crippen molar-refractivity contribution in [3.8, 4) is 0 Å².